The van der Waals surface area contributed by atoms with Crippen LogP contribution < -0.4 is 10.5 Å². The molecule has 1 aromatic carbocycles. The second-order valence-corrected chi connectivity index (χ2v) is 5.92. The van der Waals surface area contributed by atoms with Crippen LogP contribution in [-0.2, 0) is 0 Å². The van der Waals surface area contributed by atoms with Gasteiger partial charge in [0.25, 0.3) is 0 Å². The molecular weight excluding hydrogens is 274 g/mol. The zero-order valence-electron chi connectivity index (χ0n) is 12.6. The Morgan fingerprint density at radius 2 is 1.95 bits per heavy atom. The summed E-state index contributed by atoms with van der Waals surface area (Å²) in [5, 5.41) is 0. The van der Waals surface area contributed by atoms with Gasteiger partial charge in [0.2, 0.25) is 0 Å². The molecule has 0 aromatic heterocycles. The van der Waals surface area contributed by atoms with Gasteiger partial charge in [-0.1, -0.05) is 19.1 Å². The molecule has 5 heteroatoms. The van der Waals surface area contributed by atoms with E-state index in [0.717, 1.165) is 18.0 Å². The molecule has 0 bridgehead atoms. The molecule has 3 atom stereocenters. The molecule has 1 fully saturated rings. The zero-order valence-corrected chi connectivity index (χ0v) is 12.6. The van der Waals surface area contributed by atoms with Crippen molar-refractivity contribution in [3.63, 3.8) is 0 Å². The van der Waals surface area contributed by atoms with Crippen LogP contribution in [0.3, 0.4) is 0 Å². The molecule has 0 saturated carbocycles. The van der Waals surface area contributed by atoms with Crippen LogP contribution >= 0.6 is 0 Å². The van der Waals surface area contributed by atoms with Crippen molar-refractivity contribution in [3.8, 4) is 5.75 Å². The number of rotatable bonds is 5. The van der Waals surface area contributed by atoms with Gasteiger partial charge in [0.15, 0.2) is 0 Å². The van der Waals surface area contributed by atoms with Crippen LogP contribution in [0.1, 0.15) is 38.3 Å². The van der Waals surface area contributed by atoms with Crippen LogP contribution in [0, 0.1) is 5.92 Å². The molecule has 0 aliphatic carbocycles. The lowest BCUT2D eigenvalue weighted by atomic mass is 9.90. The highest BCUT2D eigenvalue weighted by Crippen LogP contribution is 2.31. The molecule has 21 heavy (non-hydrogen) atoms. The number of alkyl halides is 2. The molecule has 1 aliphatic heterocycles. The lowest BCUT2D eigenvalue weighted by Gasteiger charge is -2.41. The molecule has 1 heterocycles. The number of nitrogens with two attached hydrogens (primary N) is 1. The van der Waals surface area contributed by atoms with Gasteiger partial charge in [-0.3, -0.25) is 4.90 Å². The van der Waals surface area contributed by atoms with Gasteiger partial charge in [-0.15, -0.1) is 0 Å². The standard InChI is InChI=1S/C16H24F2N2O/c1-11-7-8-20(12(2)9-11)15(10-19)13-3-5-14(6-4-13)21-16(17)18/h3-6,11-12,15-16H,7-10,19H2,1-2H3. The number of hydrogen-bond donors (Lipinski definition) is 1. The number of halogens is 2. The summed E-state index contributed by atoms with van der Waals surface area (Å²) >= 11 is 0. The van der Waals surface area contributed by atoms with Crippen molar-refractivity contribution >= 4 is 0 Å². The smallest absolute Gasteiger partial charge is 0.387 e. The number of benzene rings is 1. The van der Waals surface area contributed by atoms with Gasteiger partial charge < -0.3 is 10.5 Å². The maximum absolute atomic E-state index is 12.2. The minimum atomic E-state index is -2.79. The summed E-state index contributed by atoms with van der Waals surface area (Å²) in [5.74, 6) is 0.932. The SMILES string of the molecule is CC1CCN(C(CN)c2ccc(OC(F)F)cc2)C(C)C1. The molecule has 0 radical (unpaired) electrons. The molecule has 1 saturated heterocycles. The van der Waals surface area contributed by atoms with Gasteiger partial charge in [0, 0.05) is 18.6 Å². The van der Waals surface area contributed by atoms with Crippen molar-refractivity contribution < 1.29 is 13.5 Å². The Labute approximate surface area is 125 Å². The second-order valence-electron chi connectivity index (χ2n) is 5.92. The number of piperidine rings is 1. The first kappa shape index (κ1) is 16.2. The van der Waals surface area contributed by atoms with Crippen LogP contribution in [0.4, 0.5) is 8.78 Å². The summed E-state index contributed by atoms with van der Waals surface area (Å²) in [6.45, 7) is 3.27. The zero-order chi connectivity index (χ0) is 15.4. The van der Waals surface area contributed by atoms with Gasteiger partial charge in [-0.2, -0.15) is 8.78 Å². The number of hydrogen-bond acceptors (Lipinski definition) is 3. The summed E-state index contributed by atoms with van der Waals surface area (Å²) in [6, 6.07) is 7.45. The van der Waals surface area contributed by atoms with Crippen LogP contribution in [0.25, 0.3) is 0 Å². The summed E-state index contributed by atoms with van der Waals surface area (Å²) in [6.07, 6.45) is 2.34. The fourth-order valence-corrected chi connectivity index (χ4v) is 3.22. The largest absolute Gasteiger partial charge is 0.435 e. The summed E-state index contributed by atoms with van der Waals surface area (Å²) < 4.78 is 28.7. The van der Waals surface area contributed by atoms with Crippen LogP contribution in [0.15, 0.2) is 24.3 Å². The molecule has 0 amide bonds. The van der Waals surface area contributed by atoms with E-state index in [1.807, 2.05) is 12.1 Å². The molecule has 1 aromatic rings. The highest BCUT2D eigenvalue weighted by Gasteiger charge is 2.28. The number of likely N-dealkylation sites (tertiary alicyclic amines) is 1. The summed E-state index contributed by atoms with van der Waals surface area (Å²) in [4.78, 5) is 2.42. The quantitative estimate of drug-likeness (QED) is 0.905. The Morgan fingerprint density at radius 3 is 2.48 bits per heavy atom. The minimum Gasteiger partial charge on any atom is -0.435 e. The van der Waals surface area contributed by atoms with Crippen LogP contribution in [0.2, 0.25) is 0 Å². The number of ether oxygens (including phenoxy) is 1. The van der Waals surface area contributed by atoms with Crippen molar-refractivity contribution in [3.05, 3.63) is 29.8 Å². The Kier molecular flexibility index (Phi) is 5.53. The molecule has 2 rings (SSSR count). The highest BCUT2D eigenvalue weighted by molar-refractivity contribution is 5.29. The summed E-state index contributed by atoms with van der Waals surface area (Å²) in [7, 11) is 0. The summed E-state index contributed by atoms with van der Waals surface area (Å²) in [5.41, 5.74) is 7.01. The van der Waals surface area contributed by atoms with E-state index in [-0.39, 0.29) is 11.8 Å². The fraction of sp³-hybridized carbons (Fsp3) is 0.625. The van der Waals surface area contributed by atoms with E-state index >= 15 is 0 Å². The predicted molar refractivity (Wildman–Crippen MR) is 79.4 cm³/mol. The third-order valence-electron chi connectivity index (χ3n) is 4.30. The Hall–Kier alpha value is -1.20. The van der Waals surface area contributed by atoms with Crippen molar-refractivity contribution in [2.24, 2.45) is 11.7 Å². The monoisotopic (exact) mass is 298 g/mol. The van der Waals surface area contributed by atoms with Crippen molar-refractivity contribution in [1.29, 1.82) is 0 Å². The van der Waals surface area contributed by atoms with Crippen molar-refractivity contribution in [1.82, 2.24) is 4.90 Å². The third-order valence-corrected chi connectivity index (χ3v) is 4.30. The van der Waals surface area contributed by atoms with Crippen molar-refractivity contribution in [2.75, 3.05) is 13.1 Å². The predicted octanol–water partition coefficient (Wildman–Crippen LogP) is 3.41. The topological polar surface area (TPSA) is 38.5 Å². The Morgan fingerprint density at radius 1 is 1.29 bits per heavy atom. The van der Waals surface area contributed by atoms with Gasteiger partial charge >= 0.3 is 6.61 Å². The van der Waals surface area contributed by atoms with Crippen molar-refractivity contribution in [2.45, 2.75) is 45.4 Å². The van der Waals surface area contributed by atoms with E-state index in [2.05, 4.69) is 23.5 Å². The van der Waals surface area contributed by atoms with Crippen LogP contribution in [-0.4, -0.2) is 30.6 Å². The van der Waals surface area contributed by atoms with E-state index in [4.69, 9.17) is 5.73 Å². The first-order valence-electron chi connectivity index (χ1n) is 7.51. The molecule has 1 aliphatic rings. The average Bonchev–Trinajstić information content (AvgIpc) is 2.43. The van der Waals surface area contributed by atoms with Crippen LogP contribution in [0.5, 0.6) is 5.75 Å². The van der Waals surface area contributed by atoms with Gasteiger partial charge in [-0.05, 0) is 49.9 Å². The van der Waals surface area contributed by atoms with E-state index in [0.29, 0.717) is 12.6 Å². The Bertz CT molecular complexity index is 438. The third kappa shape index (κ3) is 4.14. The lowest BCUT2D eigenvalue weighted by Crippen LogP contribution is -2.44. The lowest BCUT2D eigenvalue weighted by molar-refractivity contribution is -0.0498. The maximum Gasteiger partial charge on any atom is 0.387 e. The first-order valence-corrected chi connectivity index (χ1v) is 7.51. The fourth-order valence-electron chi connectivity index (χ4n) is 3.22. The molecule has 3 nitrogen and oxygen atoms in total. The first-order chi connectivity index (χ1) is 10.0. The molecule has 0 spiro atoms. The maximum atomic E-state index is 12.2. The Balaban J connectivity index is 2.10. The van der Waals surface area contributed by atoms with Gasteiger partial charge in [0.05, 0.1) is 0 Å². The van der Waals surface area contributed by atoms with E-state index in [1.54, 1.807) is 12.1 Å². The normalized spacial score (nSPS) is 25.0. The van der Waals surface area contributed by atoms with Gasteiger partial charge in [0.1, 0.15) is 5.75 Å². The highest BCUT2D eigenvalue weighted by atomic mass is 19.3. The average molecular weight is 298 g/mol. The van der Waals surface area contributed by atoms with E-state index in [9.17, 15) is 8.78 Å². The van der Waals surface area contributed by atoms with E-state index in [1.165, 1.54) is 12.8 Å². The minimum absolute atomic E-state index is 0.132. The molecule has 3 unspecified atom stereocenters. The second kappa shape index (κ2) is 7.18. The molecular formula is C16H24F2N2O. The number of nitrogens with zero attached hydrogens (tertiary/aromatic N) is 1. The van der Waals surface area contributed by atoms with Gasteiger partial charge in [-0.25, -0.2) is 0 Å². The molecule has 2 N–H and O–H groups in total. The molecule has 118 valence electrons. The van der Waals surface area contributed by atoms with E-state index < -0.39 is 6.61 Å².